The van der Waals surface area contributed by atoms with Crippen LogP contribution in [0.15, 0.2) is 0 Å². The molecular formula is C13H26N2O2. The molecule has 4 heteroatoms. The first-order valence-electron chi connectivity index (χ1n) is 6.73. The van der Waals surface area contributed by atoms with Crippen molar-refractivity contribution in [2.75, 3.05) is 26.2 Å². The van der Waals surface area contributed by atoms with Crippen molar-refractivity contribution in [2.45, 2.75) is 45.6 Å². The SMILES string of the molecule is CC(C)CN(CCCN)C(=O)CC1CCCO1. The highest BCUT2D eigenvalue weighted by atomic mass is 16.5. The van der Waals surface area contributed by atoms with Crippen LogP contribution in [0.3, 0.4) is 0 Å². The van der Waals surface area contributed by atoms with Crippen LogP contribution in [0.25, 0.3) is 0 Å². The molecule has 0 aromatic heterocycles. The Bertz CT molecular complexity index is 225. The standard InChI is InChI=1S/C13H26N2O2/c1-11(2)10-15(7-4-6-14)13(16)9-12-5-3-8-17-12/h11-12H,3-10,14H2,1-2H3. The number of amides is 1. The molecule has 4 nitrogen and oxygen atoms in total. The van der Waals surface area contributed by atoms with Gasteiger partial charge in [-0.15, -0.1) is 0 Å². The maximum absolute atomic E-state index is 12.1. The van der Waals surface area contributed by atoms with E-state index < -0.39 is 0 Å². The molecule has 0 aromatic carbocycles. The van der Waals surface area contributed by atoms with Crippen molar-refractivity contribution < 1.29 is 9.53 Å². The minimum Gasteiger partial charge on any atom is -0.378 e. The number of nitrogens with zero attached hydrogens (tertiary/aromatic N) is 1. The Labute approximate surface area is 104 Å². The van der Waals surface area contributed by atoms with Gasteiger partial charge >= 0.3 is 0 Å². The molecule has 100 valence electrons. The van der Waals surface area contributed by atoms with E-state index in [0.29, 0.717) is 18.9 Å². The van der Waals surface area contributed by atoms with Crippen LogP contribution in [0.4, 0.5) is 0 Å². The fourth-order valence-corrected chi connectivity index (χ4v) is 2.17. The molecule has 1 aliphatic rings. The van der Waals surface area contributed by atoms with Crippen LogP contribution in [0.1, 0.15) is 39.5 Å². The fourth-order valence-electron chi connectivity index (χ4n) is 2.17. The molecule has 0 spiro atoms. The largest absolute Gasteiger partial charge is 0.378 e. The minimum atomic E-state index is 0.148. The van der Waals surface area contributed by atoms with Crippen molar-refractivity contribution >= 4 is 5.91 Å². The van der Waals surface area contributed by atoms with Gasteiger partial charge in [-0.1, -0.05) is 13.8 Å². The Morgan fingerprint density at radius 1 is 1.53 bits per heavy atom. The molecule has 0 radical (unpaired) electrons. The molecule has 1 amide bonds. The zero-order valence-electron chi connectivity index (χ0n) is 11.2. The number of carbonyl (C=O) groups excluding carboxylic acids is 1. The number of ether oxygens (including phenoxy) is 1. The molecule has 1 rings (SSSR count). The third-order valence-electron chi connectivity index (χ3n) is 3.00. The molecule has 0 bridgehead atoms. The van der Waals surface area contributed by atoms with Gasteiger partial charge < -0.3 is 15.4 Å². The van der Waals surface area contributed by atoms with E-state index in [1.54, 1.807) is 0 Å². The van der Waals surface area contributed by atoms with Gasteiger partial charge in [-0.25, -0.2) is 0 Å². The summed E-state index contributed by atoms with van der Waals surface area (Å²) in [6.45, 7) is 7.32. The van der Waals surface area contributed by atoms with Crippen molar-refractivity contribution in [3.63, 3.8) is 0 Å². The normalized spacial score (nSPS) is 19.9. The molecule has 2 N–H and O–H groups in total. The molecule has 1 aliphatic heterocycles. The molecular weight excluding hydrogens is 216 g/mol. The zero-order valence-corrected chi connectivity index (χ0v) is 11.2. The van der Waals surface area contributed by atoms with E-state index in [1.807, 2.05) is 4.90 Å². The third-order valence-corrected chi connectivity index (χ3v) is 3.00. The van der Waals surface area contributed by atoms with Crippen LogP contribution in [0.2, 0.25) is 0 Å². The summed E-state index contributed by atoms with van der Waals surface area (Å²) >= 11 is 0. The molecule has 1 unspecified atom stereocenters. The number of hydrogen-bond donors (Lipinski definition) is 1. The second-order valence-corrected chi connectivity index (χ2v) is 5.21. The van der Waals surface area contributed by atoms with Gasteiger partial charge in [-0.3, -0.25) is 4.79 Å². The molecule has 1 heterocycles. The van der Waals surface area contributed by atoms with Gasteiger partial charge in [0.2, 0.25) is 5.91 Å². The van der Waals surface area contributed by atoms with Gasteiger partial charge in [-0.2, -0.15) is 0 Å². The summed E-state index contributed by atoms with van der Waals surface area (Å²) in [7, 11) is 0. The number of hydrogen-bond acceptors (Lipinski definition) is 3. The summed E-state index contributed by atoms with van der Waals surface area (Å²) in [5.74, 6) is 0.722. The number of rotatable bonds is 7. The molecule has 0 aliphatic carbocycles. The van der Waals surface area contributed by atoms with Crippen LogP contribution in [-0.2, 0) is 9.53 Å². The van der Waals surface area contributed by atoms with E-state index in [9.17, 15) is 4.79 Å². The molecule has 0 aromatic rings. The summed E-state index contributed by atoms with van der Waals surface area (Å²) < 4.78 is 5.51. The lowest BCUT2D eigenvalue weighted by atomic mass is 10.1. The monoisotopic (exact) mass is 242 g/mol. The van der Waals surface area contributed by atoms with Gasteiger partial charge in [0, 0.05) is 19.7 Å². The molecule has 0 saturated carbocycles. The van der Waals surface area contributed by atoms with Crippen LogP contribution in [-0.4, -0.2) is 43.2 Å². The van der Waals surface area contributed by atoms with Gasteiger partial charge in [0.05, 0.1) is 12.5 Å². The number of carbonyl (C=O) groups is 1. The Morgan fingerprint density at radius 2 is 2.29 bits per heavy atom. The van der Waals surface area contributed by atoms with Crippen molar-refractivity contribution in [3.05, 3.63) is 0 Å². The highest BCUT2D eigenvalue weighted by Crippen LogP contribution is 2.17. The van der Waals surface area contributed by atoms with Crippen molar-refractivity contribution in [1.82, 2.24) is 4.90 Å². The van der Waals surface area contributed by atoms with Gasteiger partial charge in [0.15, 0.2) is 0 Å². The first-order valence-corrected chi connectivity index (χ1v) is 6.73. The summed E-state index contributed by atoms with van der Waals surface area (Å²) in [6, 6.07) is 0. The lowest BCUT2D eigenvalue weighted by Gasteiger charge is -2.25. The van der Waals surface area contributed by atoms with E-state index in [4.69, 9.17) is 10.5 Å². The zero-order chi connectivity index (χ0) is 12.7. The quantitative estimate of drug-likeness (QED) is 0.734. The molecule has 1 saturated heterocycles. The van der Waals surface area contributed by atoms with Crippen LogP contribution in [0.5, 0.6) is 0 Å². The third kappa shape index (κ3) is 5.50. The second-order valence-electron chi connectivity index (χ2n) is 5.21. The maximum Gasteiger partial charge on any atom is 0.225 e. The van der Waals surface area contributed by atoms with E-state index in [-0.39, 0.29) is 12.0 Å². The highest BCUT2D eigenvalue weighted by molar-refractivity contribution is 5.76. The van der Waals surface area contributed by atoms with E-state index in [1.165, 1.54) is 0 Å². The van der Waals surface area contributed by atoms with Crippen LogP contribution >= 0.6 is 0 Å². The fraction of sp³-hybridized carbons (Fsp3) is 0.923. The summed E-state index contributed by atoms with van der Waals surface area (Å²) in [4.78, 5) is 14.1. The summed E-state index contributed by atoms with van der Waals surface area (Å²) in [6.07, 6.45) is 3.68. The molecule has 1 atom stereocenters. The molecule has 17 heavy (non-hydrogen) atoms. The maximum atomic E-state index is 12.1. The van der Waals surface area contributed by atoms with Crippen LogP contribution < -0.4 is 5.73 Å². The summed E-state index contributed by atoms with van der Waals surface area (Å²) in [5.41, 5.74) is 5.51. The lowest BCUT2D eigenvalue weighted by Crippen LogP contribution is -2.37. The average Bonchev–Trinajstić information content (AvgIpc) is 2.76. The van der Waals surface area contributed by atoms with E-state index in [2.05, 4.69) is 13.8 Å². The lowest BCUT2D eigenvalue weighted by molar-refractivity contribution is -0.134. The Morgan fingerprint density at radius 3 is 2.82 bits per heavy atom. The number of nitrogens with two attached hydrogens (primary N) is 1. The minimum absolute atomic E-state index is 0.148. The van der Waals surface area contributed by atoms with Crippen molar-refractivity contribution in [3.8, 4) is 0 Å². The Balaban J connectivity index is 2.39. The van der Waals surface area contributed by atoms with Crippen LogP contribution in [0, 0.1) is 5.92 Å². The Kier molecular flexibility index (Phi) is 6.52. The van der Waals surface area contributed by atoms with Crippen molar-refractivity contribution in [2.24, 2.45) is 11.7 Å². The van der Waals surface area contributed by atoms with E-state index >= 15 is 0 Å². The average molecular weight is 242 g/mol. The van der Waals surface area contributed by atoms with Gasteiger partial charge in [0.1, 0.15) is 0 Å². The first-order chi connectivity index (χ1) is 8.13. The molecule has 1 fully saturated rings. The Hall–Kier alpha value is -0.610. The second kappa shape index (κ2) is 7.67. The first kappa shape index (κ1) is 14.5. The predicted octanol–water partition coefficient (Wildman–Crippen LogP) is 1.39. The summed E-state index contributed by atoms with van der Waals surface area (Å²) in [5, 5.41) is 0. The topological polar surface area (TPSA) is 55.6 Å². The van der Waals surface area contributed by atoms with Crippen molar-refractivity contribution in [1.29, 1.82) is 0 Å². The highest BCUT2D eigenvalue weighted by Gasteiger charge is 2.22. The smallest absolute Gasteiger partial charge is 0.225 e. The van der Waals surface area contributed by atoms with E-state index in [0.717, 1.165) is 39.0 Å². The van der Waals surface area contributed by atoms with Gasteiger partial charge in [0.25, 0.3) is 0 Å². The predicted molar refractivity (Wildman–Crippen MR) is 68.7 cm³/mol. The van der Waals surface area contributed by atoms with Gasteiger partial charge in [-0.05, 0) is 31.7 Å².